The molecule has 3 aromatic carbocycles. The van der Waals surface area contributed by atoms with Crippen LogP contribution in [0.25, 0.3) is 11.1 Å². The number of benzene rings is 3. The van der Waals surface area contributed by atoms with E-state index in [9.17, 15) is 9.59 Å². The number of thiocarbonyl (C=S) groups is 1. The lowest BCUT2D eigenvalue weighted by atomic mass is 10.0. The summed E-state index contributed by atoms with van der Waals surface area (Å²) in [5.74, 6) is -0.566. The van der Waals surface area contributed by atoms with Gasteiger partial charge in [-0.1, -0.05) is 54.6 Å². The number of hydrogen-bond acceptors (Lipinski definition) is 3. The third-order valence-electron chi connectivity index (χ3n) is 4.13. The van der Waals surface area contributed by atoms with Crippen molar-refractivity contribution in [2.75, 3.05) is 12.4 Å². The van der Waals surface area contributed by atoms with Crippen LogP contribution in [0.3, 0.4) is 0 Å². The maximum absolute atomic E-state index is 12.5. The number of amides is 2. The number of para-hydroxylation sites is 1. The molecule has 0 spiro atoms. The summed E-state index contributed by atoms with van der Waals surface area (Å²) in [6, 6.07) is 24.1. The van der Waals surface area contributed by atoms with E-state index in [1.807, 2.05) is 42.5 Å². The molecule has 2 amide bonds. The van der Waals surface area contributed by atoms with Gasteiger partial charge in [0.1, 0.15) is 0 Å². The zero-order valence-electron chi connectivity index (χ0n) is 15.2. The van der Waals surface area contributed by atoms with Crippen LogP contribution in [-0.4, -0.2) is 24.0 Å². The fraction of sp³-hybridized carbons (Fsp3) is 0.0455. The Kier molecular flexibility index (Phi) is 6.14. The first-order valence-corrected chi connectivity index (χ1v) is 9.08. The summed E-state index contributed by atoms with van der Waals surface area (Å²) < 4.78 is 0. The summed E-state index contributed by atoms with van der Waals surface area (Å²) in [5.41, 5.74) is 3.55. The van der Waals surface area contributed by atoms with Crippen molar-refractivity contribution < 1.29 is 9.59 Å². The minimum atomic E-state index is -0.325. The second kappa shape index (κ2) is 8.92. The van der Waals surface area contributed by atoms with E-state index in [1.54, 1.807) is 43.4 Å². The zero-order chi connectivity index (χ0) is 19.9. The predicted octanol–water partition coefficient (Wildman–Crippen LogP) is 3.84. The molecule has 0 aliphatic carbocycles. The van der Waals surface area contributed by atoms with Crippen molar-refractivity contribution in [3.8, 4) is 11.1 Å². The number of nitrogens with one attached hydrogen (secondary N) is 3. The maximum Gasteiger partial charge on any atom is 0.257 e. The number of rotatable bonds is 4. The Labute approximate surface area is 168 Å². The molecule has 0 unspecified atom stereocenters. The highest BCUT2D eigenvalue weighted by atomic mass is 32.1. The smallest absolute Gasteiger partial charge is 0.257 e. The van der Waals surface area contributed by atoms with Crippen LogP contribution in [0, 0.1) is 0 Å². The van der Waals surface area contributed by atoms with Gasteiger partial charge in [-0.3, -0.25) is 14.9 Å². The van der Waals surface area contributed by atoms with Crippen molar-refractivity contribution in [3.05, 3.63) is 90.0 Å². The quantitative estimate of drug-likeness (QED) is 0.593. The summed E-state index contributed by atoms with van der Waals surface area (Å²) in [4.78, 5) is 24.4. The van der Waals surface area contributed by atoms with Gasteiger partial charge >= 0.3 is 0 Å². The van der Waals surface area contributed by atoms with Crippen LogP contribution in [0.1, 0.15) is 20.7 Å². The molecule has 0 bridgehead atoms. The molecule has 3 rings (SSSR count). The highest BCUT2D eigenvalue weighted by molar-refractivity contribution is 7.80. The van der Waals surface area contributed by atoms with Crippen molar-refractivity contribution in [2.24, 2.45) is 0 Å². The van der Waals surface area contributed by atoms with E-state index in [4.69, 9.17) is 12.2 Å². The van der Waals surface area contributed by atoms with Crippen molar-refractivity contribution >= 4 is 34.8 Å². The van der Waals surface area contributed by atoms with Crippen LogP contribution in [0.15, 0.2) is 78.9 Å². The average molecular weight is 389 g/mol. The fourth-order valence-electron chi connectivity index (χ4n) is 2.70. The Hall–Kier alpha value is -3.51. The van der Waals surface area contributed by atoms with E-state index in [0.29, 0.717) is 16.8 Å². The second-order valence-electron chi connectivity index (χ2n) is 5.98. The molecule has 0 saturated heterocycles. The molecular weight excluding hydrogens is 370 g/mol. The van der Waals surface area contributed by atoms with E-state index < -0.39 is 0 Å². The molecule has 0 heterocycles. The SMILES string of the molecule is CNC(=O)c1ccccc1NC(=S)NC(=O)c1ccc(-c2ccccc2)cc1. The van der Waals surface area contributed by atoms with Gasteiger partial charge in [0.05, 0.1) is 11.3 Å². The van der Waals surface area contributed by atoms with Gasteiger partial charge < -0.3 is 10.6 Å². The van der Waals surface area contributed by atoms with Crippen LogP contribution in [0.4, 0.5) is 5.69 Å². The van der Waals surface area contributed by atoms with Crippen LogP contribution in [0.2, 0.25) is 0 Å². The Morgan fingerprint density at radius 1 is 0.750 bits per heavy atom. The first-order chi connectivity index (χ1) is 13.6. The number of carbonyl (C=O) groups excluding carboxylic acids is 2. The Morgan fingerprint density at radius 3 is 2.04 bits per heavy atom. The normalized spacial score (nSPS) is 10.0. The third-order valence-corrected chi connectivity index (χ3v) is 4.33. The summed E-state index contributed by atoms with van der Waals surface area (Å²) >= 11 is 5.22. The topological polar surface area (TPSA) is 70.2 Å². The van der Waals surface area contributed by atoms with E-state index in [2.05, 4.69) is 16.0 Å². The maximum atomic E-state index is 12.5. The molecule has 6 heteroatoms. The van der Waals surface area contributed by atoms with Crippen LogP contribution in [0.5, 0.6) is 0 Å². The average Bonchev–Trinajstić information content (AvgIpc) is 2.74. The molecule has 28 heavy (non-hydrogen) atoms. The fourth-order valence-corrected chi connectivity index (χ4v) is 2.90. The summed E-state index contributed by atoms with van der Waals surface area (Å²) in [5, 5.41) is 8.23. The minimum absolute atomic E-state index is 0.119. The minimum Gasteiger partial charge on any atom is -0.355 e. The molecule has 0 aromatic heterocycles. The highest BCUT2D eigenvalue weighted by Gasteiger charge is 2.12. The van der Waals surface area contributed by atoms with Gasteiger partial charge in [0.2, 0.25) is 0 Å². The molecule has 0 aliphatic rings. The second-order valence-corrected chi connectivity index (χ2v) is 6.38. The van der Waals surface area contributed by atoms with Gasteiger partial charge in [-0.05, 0) is 47.6 Å². The molecule has 0 fully saturated rings. The van der Waals surface area contributed by atoms with E-state index in [1.165, 1.54) is 0 Å². The Balaban J connectivity index is 1.67. The Bertz CT molecular complexity index is 1000. The molecule has 0 radical (unpaired) electrons. The standard InChI is InChI=1S/C22H19N3O2S/c1-23-21(27)18-9-5-6-10-19(18)24-22(28)25-20(26)17-13-11-16(12-14-17)15-7-3-2-4-8-15/h2-14H,1H3,(H,23,27)(H2,24,25,26,28). The summed E-state index contributed by atoms with van der Waals surface area (Å²) in [6.45, 7) is 0. The summed E-state index contributed by atoms with van der Waals surface area (Å²) in [7, 11) is 1.55. The van der Waals surface area contributed by atoms with Gasteiger partial charge in [0.15, 0.2) is 5.11 Å². The molecule has 140 valence electrons. The first kappa shape index (κ1) is 19.3. The largest absolute Gasteiger partial charge is 0.355 e. The van der Waals surface area contributed by atoms with Crippen LogP contribution in [-0.2, 0) is 0 Å². The first-order valence-electron chi connectivity index (χ1n) is 8.67. The number of hydrogen-bond donors (Lipinski definition) is 3. The van der Waals surface area contributed by atoms with Crippen molar-refractivity contribution in [2.45, 2.75) is 0 Å². The number of carbonyl (C=O) groups is 2. The Morgan fingerprint density at radius 2 is 1.36 bits per heavy atom. The monoisotopic (exact) mass is 389 g/mol. The molecule has 0 atom stereocenters. The van der Waals surface area contributed by atoms with Crippen molar-refractivity contribution in [3.63, 3.8) is 0 Å². The van der Waals surface area contributed by atoms with Gasteiger partial charge in [0, 0.05) is 12.6 Å². The van der Waals surface area contributed by atoms with E-state index in [0.717, 1.165) is 11.1 Å². The zero-order valence-corrected chi connectivity index (χ0v) is 16.0. The number of anilines is 1. The van der Waals surface area contributed by atoms with Crippen molar-refractivity contribution in [1.82, 2.24) is 10.6 Å². The molecular formula is C22H19N3O2S. The lowest BCUT2D eigenvalue weighted by molar-refractivity contribution is 0.0961. The molecule has 5 nitrogen and oxygen atoms in total. The molecule has 3 aromatic rings. The van der Waals surface area contributed by atoms with E-state index in [-0.39, 0.29) is 16.9 Å². The van der Waals surface area contributed by atoms with Gasteiger partial charge in [-0.15, -0.1) is 0 Å². The summed E-state index contributed by atoms with van der Waals surface area (Å²) in [6.07, 6.45) is 0. The van der Waals surface area contributed by atoms with Gasteiger partial charge in [-0.2, -0.15) is 0 Å². The van der Waals surface area contributed by atoms with E-state index >= 15 is 0 Å². The third kappa shape index (κ3) is 4.61. The van der Waals surface area contributed by atoms with Gasteiger partial charge in [-0.25, -0.2) is 0 Å². The molecule has 0 aliphatic heterocycles. The molecule has 3 N–H and O–H groups in total. The molecule has 0 saturated carbocycles. The predicted molar refractivity (Wildman–Crippen MR) is 115 cm³/mol. The highest BCUT2D eigenvalue weighted by Crippen LogP contribution is 2.19. The van der Waals surface area contributed by atoms with Crippen LogP contribution < -0.4 is 16.0 Å². The van der Waals surface area contributed by atoms with Gasteiger partial charge in [0.25, 0.3) is 11.8 Å². The lowest BCUT2D eigenvalue weighted by Gasteiger charge is -2.13. The van der Waals surface area contributed by atoms with Crippen molar-refractivity contribution in [1.29, 1.82) is 0 Å². The lowest BCUT2D eigenvalue weighted by Crippen LogP contribution is -2.34. The van der Waals surface area contributed by atoms with Crippen LogP contribution >= 0.6 is 12.2 Å².